The van der Waals surface area contributed by atoms with Crippen molar-refractivity contribution >= 4 is 11.9 Å². The number of rotatable bonds is 6. The van der Waals surface area contributed by atoms with E-state index in [1.165, 1.54) is 7.11 Å². The Kier molecular flexibility index (Phi) is 3.53. The third-order valence-corrected chi connectivity index (χ3v) is 5.89. The maximum atomic E-state index is 14.3. The Balaban J connectivity index is 1.33. The number of carbonyl (C=O) groups is 2. The van der Waals surface area contributed by atoms with E-state index < -0.39 is 29.2 Å². The van der Waals surface area contributed by atoms with Crippen LogP contribution in [-0.4, -0.2) is 38.2 Å². The number of carbonyl (C=O) groups excluding carboxylic acids is 2. The summed E-state index contributed by atoms with van der Waals surface area (Å²) in [5.74, 6) is -5.12. The van der Waals surface area contributed by atoms with Crippen LogP contribution in [0.5, 0.6) is 5.75 Å². The molecule has 4 saturated carbocycles. The number of benzene rings is 1. The summed E-state index contributed by atoms with van der Waals surface area (Å²) in [5.41, 5.74) is -1.33. The number of halogens is 2. The molecule has 0 aliphatic heterocycles. The first-order valence-electron chi connectivity index (χ1n) is 8.29. The lowest BCUT2D eigenvalue weighted by atomic mass is 9.99. The summed E-state index contributed by atoms with van der Waals surface area (Å²) in [7, 11) is 1.26. The second-order valence-electron chi connectivity index (χ2n) is 6.85. The zero-order valence-electron chi connectivity index (χ0n) is 13.7. The number of hydrogen-bond acceptors (Lipinski definition) is 5. The van der Waals surface area contributed by atoms with E-state index in [0.29, 0.717) is 18.6 Å². The normalized spacial score (nSPS) is 33.0. The lowest BCUT2D eigenvalue weighted by molar-refractivity contribution is -0.168. The molecule has 0 amide bonds. The van der Waals surface area contributed by atoms with Crippen LogP contribution in [0.25, 0.3) is 0 Å². The van der Waals surface area contributed by atoms with Crippen LogP contribution in [0.15, 0.2) is 24.3 Å². The van der Waals surface area contributed by atoms with Gasteiger partial charge in [0.25, 0.3) is 5.92 Å². The molecule has 0 aromatic heterocycles. The van der Waals surface area contributed by atoms with E-state index in [-0.39, 0.29) is 30.6 Å². The van der Waals surface area contributed by atoms with E-state index in [1.807, 2.05) is 0 Å². The van der Waals surface area contributed by atoms with Gasteiger partial charge in [0.2, 0.25) is 0 Å². The molecule has 0 N–H and O–H groups in total. The van der Waals surface area contributed by atoms with Gasteiger partial charge in [0.1, 0.15) is 29.9 Å². The van der Waals surface area contributed by atoms with Crippen LogP contribution in [-0.2, 0) is 14.3 Å². The highest BCUT2D eigenvalue weighted by Gasteiger charge is 2.92. The summed E-state index contributed by atoms with van der Waals surface area (Å²) in [5, 5.41) is 0. The van der Waals surface area contributed by atoms with Gasteiger partial charge >= 0.3 is 11.9 Å². The molecule has 0 saturated heterocycles. The Morgan fingerprint density at radius 1 is 1.16 bits per heavy atom. The quantitative estimate of drug-likeness (QED) is 0.582. The first kappa shape index (κ1) is 16.3. The van der Waals surface area contributed by atoms with E-state index in [2.05, 4.69) is 4.74 Å². The Hall–Kier alpha value is -2.18. The molecule has 4 bridgehead atoms. The van der Waals surface area contributed by atoms with Gasteiger partial charge in [-0.3, -0.25) is 4.79 Å². The van der Waals surface area contributed by atoms with Gasteiger partial charge < -0.3 is 14.2 Å². The van der Waals surface area contributed by atoms with Gasteiger partial charge in [0.15, 0.2) is 0 Å². The topological polar surface area (TPSA) is 61.8 Å². The predicted molar refractivity (Wildman–Crippen MR) is 81.3 cm³/mol. The standard InChI is InChI=1S/C18H18F2O5/c1-23-15(21)11-4-2-3-5-14(11)24-6-7-25-16(22)17-12-8-10(9-13(12)17)18(17,19)20/h2-5,10,12-13H,6-9H2,1H3. The van der Waals surface area contributed by atoms with E-state index in [9.17, 15) is 18.4 Å². The first-order valence-corrected chi connectivity index (χ1v) is 8.29. The second kappa shape index (κ2) is 5.41. The number of hydrogen-bond donors (Lipinski definition) is 0. The Morgan fingerprint density at radius 3 is 2.44 bits per heavy atom. The molecule has 2 atom stereocenters. The van der Waals surface area contributed by atoms with Crippen molar-refractivity contribution in [2.45, 2.75) is 18.8 Å². The maximum absolute atomic E-state index is 14.3. The third kappa shape index (κ3) is 2.04. The van der Waals surface area contributed by atoms with Gasteiger partial charge in [-0.25, -0.2) is 13.6 Å². The van der Waals surface area contributed by atoms with Crippen molar-refractivity contribution in [2.24, 2.45) is 23.2 Å². The molecule has 0 spiro atoms. The van der Waals surface area contributed by atoms with E-state index in [4.69, 9.17) is 9.47 Å². The molecule has 0 heterocycles. The molecule has 25 heavy (non-hydrogen) atoms. The average Bonchev–Trinajstić information content (AvgIpc) is 2.85. The summed E-state index contributed by atoms with van der Waals surface area (Å²) in [6.07, 6.45) is 0.853. The Morgan fingerprint density at radius 2 is 1.84 bits per heavy atom. The monoisotopic (exact) mass is 352 g/mol. The van der Waals surface area contributed by atoms with Crippen molar-refractivity contribution in [3.8, 4) is 5.75 Å². The van der Waals surface area contributed by atoms with Crippen molar-refractivity contribution in [3.63, 3.8) is 0 Å². The highest BCUT2D eigenvalue weighted by Crippen LogP contribution is 2.84. The summed E-state index contributed by atoms with van der Waals surface area (Å²) in [4.78, 5) is 23.9. The second-order valence-corrected chi connectivity index (χ2v) is 6.85. The van der Waals surface area contributed by atoms with Crippen molar-refractivity contribution < 1.29 is 32.6 Å². The molecule has 1 aromatic carbocycles. The molecule has 4 aliphatic carbocycles. The predicted octanol–water partition coefficient (Wildman–Crippen LogP) is 2.69. The molecular weight excluding hydrogens is 334 g/mol. The van der Waals surface area contributed by atoms with Crippen LogP contribution in [0.1, 0.15) is 23.2 Å². The number of alkyl halides is 2. The molecule has 4 fully saturated rings. The Labute approximate surface area is 143 Å². The largest absolute Gasteiger partial charge is 0.489 e. The smallest absolute Gasteiger partial charge is 0.341 e. The SMILES string of the molecule is COC(=O)c1ccccc1OCCOC(=O)C12C3CC(CC31)C2(F)F. The maximum Gasteiger partial charge on any atom is 0.341 e. The molecule has 5 rings (SSSR count). The van der Waals surface area contributed by atoms with E-state index >= 15 is 0 Å². The third-order valence-electron chi connectivity index (χ3n) is 5.89. The molecule has 2 unspecified atom stereocenters. The van der Waals surface area contributed by atoms with Gasteiger partial charge in [0.05, 0.1) is 7.11 Å². The zero-order chi connectivity index (χ0) is 17.8. The molecule has 0 radical (unpaired) electrons. The minimum absolute atomic E-state index is 0.0276. The van der Waals surface area contributed by atoms with Crippen LogP contribution >= 0.6 is 0 Å². The fourth-order valence-electron chi connectivity index (χ4n) is 4.79. The minimum Gasteiger partial charge on any atom is -0.489 e. The van der Waals surface area contributed by atoms with Crippen LogP contribution in [0.4, 0.5) is 8.78 Å². The highest BCUT2D eigenvalue weighted by atomic mass is 19.3. The number of esters is 2. The van der Waals surface area contributed by atoms with Crippen molar-refractivity contribution in [1.29, 1.82) is 0 Å². The van der Waals surface area contributed by atoms with Gasteiger partial charge in [-0.2, -0.15) is 0 Å². The molecule has 4 aliphatic rings. The fraction of sp³-hybridized carbons (Fsp3) is 0.556. The molecule has 134 valence electrons. The van der Waals surface area contributed by atoms with Crippen molar-refractivity contribution in [3.05, 3.63) is 29.8 Å². The van der Waals surface area contributed by atoms with Gasteiger partial charge in [-0.05, 0) is 36.8 Å². The van der Waals surface area contributed by atoms with Gasteiger partial charge in [0, 0.05) is 5.92 Å². The van der Waals surface area contributed by atoms with Crippen molar-refractivity contribution in [1.82, 2.24) is 0 Å². The Bertz CT molecular complexity index is 720. The molecular formula is C18H18F2O5. The van der Waals surface area contributed by atoms with Gasteiger partial charge in [-0.15, -0.1) is 0 Å². The number of para-hydroxylation sites is 1. The summed E-state index contributed by atoms with van der Waals surface area (Å²) >= 11 is 0. The van der Waals surface area contributed by atoms with Crippen LogP contribution in [0.2, 0.25) is 0 Å². The average molecular weight is 352 g/mol. The first-order chi connectivity index (χ1) is 11.9. The zero-order valence-corrected chi connectivity index (χ0v) is 13.7. The summed E-state index contributed by atoms with van der Waals surface area (Å²) < 4.78 is 43.8. The van der Waals surface area contributed by atoms with Crippen LogP contribution < -0.4 is 4.74 Å². The minimum atomic E-state index is -2.95. The highest BCUT2D eigenvalue weighted by molar-refractivity contribution is 5.92. The number of ether oxygens (including phenoxy) is 3. The van der Waals surface area contributed by atoms with Crippen LogP contribution in [0.3, 0.4) is 0 Å². The van der Waals surface area contributed by atoms with Crippen LogP contribution in [0, 0.1) is 23.2 Å². The number of methoxy groups -OCH3 is 1. The molecule has 1 aromatic rings. The summed E-state index contributed by atoms with van der Waals surface area (Å²) in [6, 6.07) is 6.49. The van der Waals surface area contributed by atoms with E-state index in [0.717, 1.165) is 0 Å². The molecule has 7 heteroatoms. The lowest BCUT2D eigenvalue weighted by Gasteiger charge is -2.21. The van der Waals surface area contributed by atoms with Crippen molar-refractivity contribution in [2.75, 3.05) is 20.3 Å². The summed E-state index contributed by atoms with van der Waals surface area (Å²) in [6.45, 7) is -0.170. The molecule has 5 nitrogen and oxygen atoms in total. The van der Waals surface area contributed by atoms with E-state index in [1.54, 1.807) is 24.3 Å². The lowest BCUT2D eigenvalue weighted by Crippen LogP contribution is -2.37. The van der Waals surface area contributed by atoms with Gasteiger partial charge in [-0.1, -0.05) is 12.1 Å². The fourth-order valence-corrected chi connectivity index (χ4v) is 4.79.